The number of hydrogen-bond acceptors (Lipinski definition) is 7. The average Bonchev–Trinajstić information content (AvgIpc) is 3.11. The van der Waals surface area contributed by atoms with Gasteiger partial charge in [0, 0.05) is 32.2 Å². The second-order valence-electron chi connectivity index (χ2n) is 6.16. The van der Waals surface area contributed by atoms with Crippen molar-refractivity contribution >= 4 is 11.9 Å². The molecular formula is C17H24N2O7. The van der Waals surface area contributed by atoms with Gasteiger partial charge in [0.05, 0.1) is 12.7 Å². The summed E-state index contributed by atoms with van der Waals surface area (Å²) in [6, 6.07) is 11.3. The number of carboxylic acids is 2. The first-order valence-corrected chi connectivity index (χ1v) is 8.32. The lowest BCUT2D eigenvalue weighted by Gasteiger charge is -2.36. The molecule has 2 unspecified atom stereocenters. The van der Waals surface area contributed by atoms with Crippen LogP contribution >= 0.6 is 0 Å². The minimum Gasteiger partial charge on any atom is -0.479 e. The summed E-state index contributed by atoms with van der Waals surface area (Å²) in [5, 5.41) is 35.9. The van der Waals surface area contributed by atoms with Crippen molar-refractivity contribution in [3.8, 4) is 0 Å². The predicted molar refractivity (Wildman–Crippen MR) is 90.5 cm³/mol. The van der Waals surface area contributed by atoms with Crippen LogP contribution in [-0.4, -0.2) is 87.9 Å². The van der Waals surface area contributed by atoms with Crippen molar-refractivity contribution in [3.63, 3.8) is 0 Å². The lowest BCUT2D eigenvalue weighted by molar-refractivity contribution is -0.165. The maximum Gasteiger partial charge on any atom is 0.335 e. The number of aliphatic hydroxyl groups is 2. The van der Waals surface area contributed by atoms with Gasteiger partial charge in [-0.05, 0) is 5.56 Å². The van der Waals surface area contributed by atoms with E-state index in [2.05, 4.69) is 40.5 Å². The number of ether oxygens (including phenoxy) is 1. The molecule has 0 bridgehead atoms. The first-order valence-electron chi connectivity index (χ1n) is 8.32. The van der Waals surface area contributed by atoms with Gasteiger partial charge in [-0.2, -0.15) is 0 Å². The van der Waals surface area contributed by atoms with Crippen molar-refractivity contribution in [1.82, 2.24) is 10.2 Å². The highest BCUT2D eigenvalue weighted by molar-refractivity contribution is 5.83. The largest absolute Gasteiger partial charge is 0.479 e. The van der Waals surface area contributed by atoms with Gasteiger partial charge >= 0.3 is 11.9 Å². The normalized spacial score (nSPS) is 24.7. The van der Waals surface area contributed by atoms with E-state index in [0.717, 1.165) is 32.8 Å². The molecule has 2 heterocycles. The van der Waals surface area contributed by atoms with Crippen LogP contribution in [-0.2, 0) is 20.9 Å². The van der Waals surface area contributed by atoms with Crippen molar-refractivity contribution in [2.75, 3.05) is 26.2 Å². The van der Waals surface area contributed by atoms with Crippen molar-refractivity contribution in [3.05, 3.63) is 35.9 Å². The molecule has 2 aliphatic rings. The molecule has 0 spiro atoms. The van der Waals surface area contributed by atoms with Crippen molar-refractivity contribution in [2.45, 2.75) is 30.9 Å². The van der Waals surface area contributed by atoms with Crippen LogP contribution in [0.3, 0.4) is 0 Å². The average molecular weight is 368 g/mol. The zero-order valence-electron chi connectivity index (χ0n) is 14.2. The number of rotatable bonds is 5. The Bertz CT molecular complexity index is 580. The van der Waals surface area contributed by atoms with Crippen LogP contribution in [0, 0.1) is 0 Å². The van der Waals surface area contributed by atoms with Gasteiger partial charge in [0.2, 0.25) is 0 Å². The quantitative estimate of drug-likeness (QED) is 0.431. The highest BCUT2D eigenvalue weighted by Crippen LogP contribution is 2.19. The number of carboxylic acid groups (broad SMARTS) is 2. The van der Waals surface area contributed by atoms with Gasteiger partial charge in [-0.15, -0.1) is 0 Å². The monoisotopic (exact) mass is 368 g/mol. The van der Waals surface area contributed by atoms with Crippen molar-refractivity contribution in [2.24, 2.45) is 0 Å². The van der Waals surface area contributed by atoms with Crippen LogP contribution in [0.5, 0.6) is 0 Å². The van der Waals surface area contributed by atoms with Gasteiger partial charge in [-0.1, -0.05) is 30.3 Å². The maximum atomic E-state index is 9.77. The summed E-state index contributed by atoms with van der Waals surface area (Å²) in [5.41, 5.74) is 1.40. The number of aliphatic hydroxyl groups excluding tert-OH is 2. The summed E-state index contributed by atoms with van der Waals surface area (Å²) in [4.78, 5) is 22.1. The molecular weight excluding hydrogens is 344 g/mol. The van der Waals surface area contributed by atoms with E-state index in [4.69, 9.17) is 25.2 Å². The molecule has 1 aromatic carbocycles. The Morgan fingerprint density at radius 2 is 1.73 bits per heavy atom. The Kier molecular flexibility index (Phi) is 7.49. The number of fused-ring (bicyclic) bond motifs is 1. The Balaban J connectivity index is 0.000000213. The molecule has 2 saturated heterocycles. The van der Waals surface area contributed by atoms with Crippen LogP contribution in [0.1, 0.15) is 5.56 Å². The molecule has 3 rings (SSSR count). The summed E-state index contributed by atoms with van der Waals surface area (Å²) in [7, 11) is 0. The van der Waals surface area contributed by atoms with Crippen LogP contribution < -0.4 is 5.32 Å². The Morgan fingerprint density at radius 1 is 1.12 bits per heavy atom. The maximum absolute atomic E-state index is 9.77. The molecule has 1 aromatic rings. The number of benzene rings is 1. The minimum absolute atomic E-state index is 0.400. The first-order chi connectivity index (χ1) is 12.4. The van der Waals surface area contributed by atoms with Gasteiger partial charge < -0.3 is 30.5 Å². The van der Waals surface area contributed by atoms with E-state index in [1.807, 2.05) is 0 Å². The lowest BCUT2D eigenvalue weighted by Crippen LogP contribution is -2.50. The predicted octanol–water partition coefficient (Wildman–Crippen LogP) is -1.26. The van der Waals surface area contributed by atoms with E-state index in [1.165, 1.54) is 5.56 Å². The summed E-state index contributed by atoms with van der Waals surface area (Å²) in [5.74, 6) is -3.54. The minimum atomic E-state index is -2.27. The molecule has 2 aliphatic heterocycles. The number of nitrogens with one attached hydrogen (secondary N) is 1. The van der Waals surface area contributed by atoms with Gasteiger partial charge in [0.1, 0.15) is 0 Å². The molecule has 26 heavy (non-hydrogen) atoms. The first kappa shape index (κ1) is 20.3. The van der Waals surface area contributed by atoms with E-state index in [0.29, 0.717) is 12.1 Å². The van der Waals surface area contributed by atoms with Crippen molar-refractivity contribution < 1.29 is 34.8 Å². The van der Waals surface area contributed by atoms with Crippen LogP contribution in [0.4, 0.5) is 0 Å². The number of nitrogens with zero attached hydrogens (tertiary/aromatic N) is 1. The van der Waals surface area contributed by atoms with Crippen LogP contribution in [0.2, 0.25) is 0 Å². The van der Waals surface area contributed by atoms with E-state index in [1.54, 1.807) is 0 Å². The lowest BCUT2D eigenvalue weighted by atomic mass is 10.1. The Labute approximate surface area is 150 Å². The second-order valence-corrected chi connectivity index (χ2v) is 6.16. The third kappa shape index (κ3) is 5.48. The van der Waals surface area contributed by atoms with Crippen molar-refractivity contribution in [1.29, 1.82) is 0 Å². The number of carbonyl (C=O) groups is 2. The standard InChI is InChI=1S/C13H18N2O.C4H6O6/c1-2-4-11(5-3-1)10-15-6-7-16-13-9-14-8-12(13)15;5-1(3(7)8)2(6)4(9)10/h1-5,12-14H,6-10H2;1-2,5-6H,(H,7,8)(H,9,10)/t12-,13+;/m1./s1. The molecule has 0 radical (unpaired) electrons. The molecule has 4 atom stereocenters. The molecule has 0 amide bonds. The van der Waals surface area contributed by atoms with E-state index in [-0.39, 0.29) is 0 Å². The fraction of sp³-hybridized carbons (Fsp3) is 0.529. The molecule has 0 aliphatic carbocycles. The Morgan fingerprint density at radius 3 is 2.31 bits per heavy atom. The number of morpholine rings is 1. The summed E-state index contributed by atoms with van der Waals surface area (Å²) < 4.78 is 5.77. The number of hydrogen-bond donors (Lipinski definition) is 5. The third-order valence-electron chi connectivity index (χ3n) is 4.34. The molecule has 5 N–H and O–H groups in total. The van der Waals surface area contributed by atoms with E-state index < -0.39 is 24.1 Å². The molecule has 144 valence electrons. The smallest absolute Gasteiger partial charge is 0.335 e. The third-order valence-corrected chi connectivity index (χ3v) is 4.34. The molecule has 9 nitrogen and oxygen atoms in total. The van der Waals surface area contributed by atoms with E-state index in [9.17, 15) is 9.59 Å². The van der Waals surface area contributed by atoms with Gasteiger partial charge in [-0.3, -0.25) is 4.90 Å². The van der Waals surface area contributed by atoms with Gasteiger partial charge in [0.15, 0.2) is 12.2 Å². The zero-order valence-corrected chi connectivity index (χ0v) is 14.2. The van der Waals surface area contributed by atoms with Crippen LogP contribution in [0.15, 0.2) is 30.3 Å². The Hall–Kier alpha value is -2.04. The highest BCUT2D eigenvalue weighted by Gasteiger charge is 2.35. The highest BCUT2D eigenvalue weighted by atomic mass is 16.5. The van der Waals surface area contributed by atoms with E-state index >= 15 is 0 Å². The molecule has 9 heteroatoms. The summed E-state index contributed by atoms with van der Waals surface area (Å²) >= 11 is 0. The SMILES string of the molecule is O=C(O)C(O)C(O)C(=O)O.c1ccc(CN2CCO[C@H]3CNC[C@H]32)cc1. The zero-order chi connectivity index (χ0) is 19.1. The fourth-order valence-electron chi connectivity index (χ4n) is 2.95. The molecule has 0 saturated carbocycles. The topological polar surface area (TPSA) is 140 Å². The van der Waals surface area contributed by atoms with Gasteiger partial charge in [-0.25, -0.2) is 9.59 Å². The summed E-state index contributed by atoms with van der Waals surface area (Å²) in [6.45, 7) is 5.05. The van der Waals surface area contributed by atoms with Crippen LogP contribution in [0.25, 0.3) is 0 Å². The molecule has 2 fully saturated rings. The van der Waals surface area contributed by atoms with Gasteiger partial charge in [0.25, 0.3) is 0 Å². The summed E-state index contributed by atoms with van der Waals surface area (Å²) in [6.07, 6.45) is -4.13. The second kappa shape index (κ2) is 9.60. The molecule has 0 aromatic heterocycles. The number of aliphatic carboxylic acids is 2. The fourth-order valence-corrected chi connectivity index (χ4v) is 2.95.